The lowest BCUT2D eigenvalue weighted by atomic mass is 10.2. The number of ether oxygens (including phenoxy) is 3. The van der Waals surface area contributed by atoms with Crippen molar-refractivity contribution in [3.8, 4) is 11.5 Å². The van der Waals surface area contributed by atoms with Crippen LogP contribution in [0.5, 0.6) is 11.5 Å². The topological polar surface area (TPSA) is 65.1 Å². The summed E-state index contributed by atoms with van der Waals surface area (Å²) >= 11 is 7.88. The normalized spacial score (nSPS) is 15.9. The fourth-order valence-electron chi connectivity index (χ4n) is 3.07. The first-order valence-corrected chi connectivity index (χ1v) is 10.3. The zero-order valence-electron chi connectivity index (χ0n) is 16.4. The second-order valence-electron chi connectivity index (χ2n) is 6.50. The highest BCUT2D eigenvalue weighted by Crippen LogP contribution is 2.38. The van der Waals surface area contributed by atoms with Gasteiger partial charge in [-0.1, -0.05) is 30.7 Å². The van der Waals surface area contributed by atoms with E-state index in [2.05, 4.69) is 6.92 Å². The summed E-state index contributed by atoms with van der Waals surface area (Å²) in [6.07, 6.45) is 0.852. The van der Waals surface area contributed by atoms with Crippen LogP contribution in [0.1, 0.15) is 23.7 Å². The van der Waals surface area contributed by atoms with E-state index in [9.17, 15) is 9.59 Å². The molecule has 8 heteroatoms. The van der Waals surface area contributed by atoms with Crippen LogP contribution in [0.15, 0.2) is 41.3 Å². The average Bonchev–Trinajstić information content (AvgIpc) is 2.89. The minimum absolute atomic E-state index is 0.181. The highest BCUT2D eigenvalue weighted by atomic mass is 35.5. The Balaban J connectivity index is 1.72. The second kappa shape index (κ2) is 9.41. The number of halogens is 1. The van der Waals surface area contributed by atoms with Crippen LogP contribution in [0.4, 0.5) is 5.69 Å². The summed E-state index contributed by atoms with van der Waals surface area (Å²) in [4.78, 5) is 28.0. The molecule has 0 radical (unpaired) electrons. The lowest BCUT2D eigenvalue weighted by molar-refractivity contribution is -0.121. The van der Waals surface area contributed by atoms with Crippen LogP contribution in [-0.4, -0.2) is 44.5 Å². The van der Waals surface area contributed by atoms with Gasteiger partial charge in [0.2, 0.25) is 0 Å². The van der Waals surface area contributed by atoms with Crippen molar-refractivity contribution in [1.82, 2.24) is 0 Å². The van der Waals surface area contributed by atoms with Crippen LogP contribution >= 0.6 is 23.4 Å². The Morgan fingerprint density at radius 2 is 1.97 bits per heavy atom. The van der Waals surface area contributed by atoms with E-state index in [0.29, 0.717) is 23.3 Å². The first kappa shape index (κ1) is 21.3. The third-order valence-electron chi connectivity index (χ3n) is 4.54. The Morgan fingerprint density at radius 3 is 2.69 bits per heavy atom. The number of nitrogens with zero attached hydrogens (tertiary/aromatic N) is 1. The Labute approximate surface area is 179 Å². The smallest absolute Gasteiger partial charge is 0.338 e. The number of methoxy groups -OCH3 is 2. The number of amides is 1. The van der Waals surface area contributed by atoms with Gasteiger partial charge in [-0.05, 0) is 30.7 Å². The van der Waals surface area contributed by atoms with Gasteiger partial charge in [0, 0.05) is 16.7 Å². The highest BCUT2D eigenvalue weighted by molar-refractivity contribution is 8.00. The van der Waals surface area contributed by atoms with Gasteiger partial charge in [-0.3, -0.25) is 4.79 Å². The number of hydrogen-bond donors (Lipinski definition) is 0. The van der Waals surface area contributed by atoms with Crippen molar-refractivity contribution in [3.63, 3.8) is 0 Å². The molecule has 0 fully saturated rings. The van der Waals surface area contributed by atoms with Crippen LogP contribution in [-0.2, 0) is 9.53 Å². The molecule has 2 aromatic carbocycles. The minimum Gasteiger partial charge on any atom is -0.493 e. The zero-order valence-corrected chi connectivity index (χ0v) is 18.0. The van der Waals surface area contributed by atoms with Crippen LogP contribution in [0.25, 0.3) is 0 Å². The summed E-state index contributed by atoms with van der Waals surface area (Å²) in [7, 11) is 2.90. The number of esters is 1. The number of benzene rings is 2. The molecule has 0 saturated heterocycles. The Bertz CT molecular complexity index is 920. The fourth-order valence-corrected chi connectivity index (χ4v) is 4.47. The number of hydrogen-bond acceptors (Lipinski definition) is 6. The van der Waals surface area contributed by atoms with E-state index in [1.165, 1.54) is 26.4 Å². The first-order valence-electron chi connectivity index (χ1n) is 9.09. The van der Waals surface area contributed by atoms with E-state index in [1.807, 2.05) is 24.3 Å². The molecule has 1 aliphatic rings. The molecule has 0 unspecified atom stereocenters. The molecule has 2 aromatic rings. The molecule has 154 valence electrons. The van der Waals surface area contributed by atoms with E-state index in [1.54, 1.807) is 16.7 Å². The summed E-state index contributed by atoms with van der Waals surface area (Å²) in [6.45, 7) is 2.35. The SMILES string of the molecule is COc1cc(C(=O)OCC(=O)N2CC[C@@H](C)Sc3ccccc32)cc(Cl)c1OC. The van der Waals surface area contributed by atoms with Crippen molar-refractivity contribution >= 4 is 40.9 Å². The summed E-state index contributed by atoms with van der Waals surface area (Å²) in [5, 5.41) is 0.614. The molecule has 1 atom stereocenters. The third-order valence-corrected chi connectivity index (χ3v) is 6.06. The number of carbonyl (C=O) groups is 2. The summed E-state index contributed by atoms with van der Waals surface area (Å²) in [6, 6.07) is 10.7. The summed E-state index contributed by atoms with van der Waals surface area (Å²) in [5.74, 6) is -0.292. The van der Waals surface area contributed by atoms with Gasteiger partial charge in [0.05, 0.1) is 30.5 Å². The standard InChI is InChI=1S/C21H22ClNO5S/c1-13-8-9-23(16-6-4-5-7-18(16)29-13)19(24)12-28-21(25)14-10-15(22)20(27-3)17(11-14)26-2/h4-7,10-11,13H,8-9,12H2,1-3H3/t13-/m1/s1. The maximum atomic E-state index is 12.8. The van der Waals surface area contributed by atoms with Gasteiger partial charge in [0.1, 0.15) is 0 Å². The Morgan fingerprint density at radius 1 is 1.21 bits per heavy atom. The molecule has 1 heterocycles. The third kappa shape index (κ3) is 4.79. The van der Waals surface area contributed by atoms with Crippen molar-refractivity contribution < 1.29 is 23.8 Å². The van der Waals surface area contributed by atoms with E-state index in [-0.39, 0.29) is 23.1 Å². The van der Waals surface area contributed by atoms with Crippen molar-refractivity contribution in [2.24, 2.45) is 0 Å². The average molecular weight is 436 g/mol. The lowest BCUT2D eigenvalue weighted by Gasteiger charge is -2.22. The number of para-hydroxylation sites is 1. The summed E-state index contributed by atoms with van der Waals surface area (Å²) < 4.78 is 15.6. The molecular weight excluding hydrogens is 414 g/mol. The molecule has 1 amide bonds. The molecular formula is C21H22ClNO5S. The van der Waals surface area contributed by atoms with Gasteiger partial charge in [0.25, 0.3) is 5.91 Å². The van der Waals surface area contributed by atoms with Crippen LogP contribution < -0.4 is 14.4 Å². The molecule has 0 aromatic heterocycles. The Hall–Kier alpha value is -2.38. The molecule has 3 rings (SSSR count). The predicted molar refractivity (Wildman–Crippen MR) is 114 cm³/mol. The maximum absolute atomic E-state index is 12.8. The maximum Gasteiger partial charge on any atom is 0.338 e. The van der Waals surface area contributed by atoms with E-state index in [0.717, 1.165) is 17.0 Å². The number of rotatable bonds is 5. The first-order chi connectivity index (χ1) is 13.9. The number of fused-ring (bicyclic) bond motifs is 1. The highest BCUT2D eigenvalue weighted by Gasteiger charge is 2.25. The minimum atomic E-state index is -0.660. The monoisotopic (exact) mass is 435 g/mol. The predicted octanol–water partition coefficient (Wildman–Crippen LogP) is 4.43. The molecule has 0 aliphatic carbocycles. The van der Waals surface area contributed by atoms with Crippen LogP contribution in [0.2, 0.25) is 5.02 Å². The molecule has 0 bridgehead atoms. The quantitative estimate of drug-likeness (QED) is 0.647. The number of carbonyl (C=O) groups excluding carboxylic acids is 2. The molecule has 6 nitrogen and oxygen atoms in total. The molecule has 0 saturated carbocycles. The van der Waals surface area contributed by atoms with Crippen molar-refractivity contribution in [1.29, 1.82) is 0 Å². The van der Waals surface area contributed by atoms with E-state index < -0.39 is 5.97 Å². The van der Waals surface area contributed by atoms with Crippen LogP contribution in [0, 0.1) is 0 Å². The van der Waals surface area contributed by atoms with E-state index >= 15 is 0 Å². The van der Waals surface area contributed by atoms with Crippen molar-refractivity contribution in [2.75, 3.05) is 32.3 Å². The van der Waals surface area contributed by atoms with Gasteiger partial charge in [-0.15, -0.1) is 11.8 Å². The van der Waals surface area contributed by atoms with Gasteiger partial charge < -0.3 is 19.1 Å². The van der Waals surface area contributed by atoms with Crippen LogP contribution in [0.3, 0.4) is 0 Å². The van der Waals surface area contributed by atoms with E-state index in [4.69, 9.17) is 25.8 Å². The van der Waals surface area contributed by atoms with Crippen molar-refractivity contribution in [3.05, 3.63) is 47.0 Å². The van der Waals surface area contributed by atoms with Gasteiger partial charge in [-0.25, -0.2) is 4.79 Å². The Kier molecular flexibility index (Phi) is 6.92. The molecule has 0 spiro atoms. The number of anilines is 1. The fraction of sp³-hybridized carbons (Fsp3) is 0.333. The molecule has 29 heavy (non-hydrogen) atoms. The second-order valence-corrected chi connectivity index (χ2v) is 8.39. The number of thioether (sulfide) groups is 1. The largest absolute Gasteiger partial charge is 0.493 e. The molecule has 1 aliphatic heterocycles. The van der Waals surface area contributed by atoms with Gasteiger partial charge >= 0.3 is 5.97 Å². The van der Waals surface area contributed by atoms with Crippen molar-refractivity contribution in [2.45, 2.75) is 23.5 Å². The van der Waals surface area contributed by atoms with Gasteiger partial charge in [0.15, 0.2) is 18.1 Å². The zero-order chi connectivity index (χ0) is 21.0. The summed E-state index contributed by atoms with van der Waals surface area (Å²) in [5.41, 5.74) is 1.03. The lowest BCUT2D eigenvalue weighted by Crippen LogP contribution is -2.35. The van der Waals surface area contributed by atoms with Gasteiger partial charge in [-0.2, -0.15) is 0 Å². The molecule has 0 N–H and O–H groups in total.